The number of anilines is 1. The van der Waals surface area contributed by atoms with E-state index in [4.69, 9.17) is 4.74 Å². The lowest BCUT2D eigenvalue weighted by Crippen LogP contribution is -2.22. The number of aromatic nitrogens is 2. The molecular formula is C23H22N4O4S. The van der Waals surface area contributed by atoms with Crippen molar-refractivity contribution in [2.45, 2.75) is 11.5 Å². The van der Waals surface area contributed by atoms with Crippen molar-refractivity contribution in [2.24, 2.45) is 0 Å². The minimum atomic E-state index is -3.58. The summed E-state index contributed by atoms with van der Waals surface area (Å²) >= 11 is 0. The van der Waals surface area contributed by atoms with E-state index in [1.165, 1.54) is 26.2 Å². The van der Waals surface area contributed by atoms with Crippen LogP contribution in [0.1, 0.15) is 16.1 Å². The number of carbonyl (C=O) groups excluding carboxylic acids is 1. The highest BCUT2D eigenvalue weighted by Crippen LogP contribution is 2.20. The number of nitrogens with zero attached hydrogens (tertiary/aromatic N) is 3. The van der Waals surface area contributed by atoms with E-state index < -0.39 is 10.0 Å². The number of nitrogens with one attached hydrogen (secondary N) is 1. The molecule has 9 heteroatoms. The Labute approximate surface area is 186 Å². The second-order valence-corrected chi connectivity index (χ2v) is 9.43. The van der Waals surface area contributed by atoms with Crippen LogP contribution in [-0.4, -0.2) is 42.1 Å². The number of carbonyl (C=O) groups is 1. The van der Waals surface area contributed by atoms with Crippen molar-refractivity contribution < 1.29 is 17.9 Å². The van der Waals surface area contributed by atoms with Crippen molar-refractivity contribution in [2.75, 3.05) is 19.4 Å². The Balaban J connectivity index is 1.40. The molecule has 4 rings (SSSR count). The Morgan fingerprint density at radius 1 is 1.06 bits per heavy atom. The number of rotatable bonds is 7. The van der Waals surface area contributed by atoms with Crippen LogP contribution in [-0.2, 0) is 16.6 Å². The number of benzene rings is 2. The Hall–Kier alpha value is -3.69. The highest BCUT2D eigenvalue weighted by molar-refractivity contribution is 7.89. The second kappa shape index (κ2) is 8.81. The standard InChI is InChI=1S/C23H22N4O4S/c1-26(2)32(29,30)21-7-5-6-18(14-21)25-23(28)17-9-11-20(12-10-17)31-16-19-15-27-13-4-3-8-22(27)24-19/h3-15H,16H2,1-2H3,(H,25,28). The van der Waals surface area contributed by atoms with E-state index in [1.54, 1.807) is 36.4 Å². The maximum atomic E-state index is 12.6. The van der Waals surface area contributed by atoms with Gasteiger partial charge in [-0.2, -0.15) is 0 Å². The monoisotopic (exact) mass is 450 g/mol. The first-order chi connectivity index (χ1) is 15.3. The summed E-state index contributed by atoms with van der Waals surface area (Å²) in [5.74, 6) is 0.258. The quantitative estimate of drug-likeness (QED) is 0.466. The van der Waals surface area contributed by atoms with E-state index >= 15 is 0 Å². The lowest BCUT2D eigenvalue weighted by atomic mass is 10.2. The molecule has 0 bridgehead atoms. The Bertz CT molecular complexity index is 1330. The summed E-state index contributed by atoms with van der Waals surface area (Å²) in [6, 6.07) is 18.6. The van der Waals surface area contributed by atoms with Crippen molar-refractivity contribution in [1.82, 2.24) is 13.7 Å². The van der Waals surface area contributed by atoms with E-state index in [0.29, 0.717) is 23.6 Å². The van der Waals surface area contributed by atoms with E-state index in [-0.39, 0.29) is 10.8 Å². The van der Waals surface area contributed by atoms with Gasteiger partial charge in [0.25, 0.3) is 5.91 Å². The number of amides is 1. The van der Waals surface area contributed by atoms with Crippen LogP contribution in [0.5, 0.6) is 5.75 Å². The fourth-order valence-corrected chi connectivity index (χ4v) is 4.01. The zero-order valence-corrected chi connectivity index (χ0v) is 18.4. The predicted octanol–water partition coefficient (Wildman–Crippen LogP) is 3.42. The molecule has 0 aliphatic carbocycles. The number of imidazole rings is 1. The van der Waals surface area contributed by atoms with Gasteiger partial charge in [-0.3, -0.25) is 4.79 Å². The van der Waals surface area contributed by atoms with Gasteiger partial charge in [-0.25, -0.2) is 17.7 Å². The van der Waals surface area contributed by atoms with Gasteiger partial charge in [-0.05, 0) is 54.6 Å². The maximum absolute atomic E-state index is 12.6. The largest absolute Gasteiger partial charge is 0.487 e. The number of sulfonamides is 1. The van der Waals surface area contributed by atoms with Gasteiger partial charge in [0.1, 0.15) is 18.0 Å². The summed E-state index contributed by atoms with van der Waals surface area (Å²) in [5.41, 5.74) is 2.46. The molecule has 164 valence electrons. The molecule has 4 aromatic rings. The summed E-state index contributed by atoms with van der Waals surface area (Å²) in [5, 5.41) is 2.73. The SMILES string of the molecule is CN(C)S(=O)(=O)c1cccc(NC(=O)c2ccc(OCc3cn4ccccc4n3)cc2)c1. The smallest absolute Gasteiger partial charge is 0.255 e. The second-order valence-electron chi connectivity index (χ2n) is 7.28. The molecule has 0 aliphatic heterocycles. The summed E-state index contributed by atoms with van der Waals surface area (Å²) in [6.45, 7) is 0.306. The fraction of sp³-hybridized carbons (Fsp3) is 0.130. The average Bonchev–Trinajstić information content (AvgIpc) is 3.21. The van der Waals surface area contributed by atoms with Crippen LogP contribution in [0.25, 0.3) is 5.65 Å². The lowest BCUT2D eigenvalue weighted by Gasteiger charge is -2.13. The van der Waals surface area contributed by atoms with Gasteiger partial charge in [-0.1, -0.05) is 12.1 Å². The summed E-state index contributed by atoms with van der Waals surface area (Å²) in [4.78, 5) is 17.2. The molecule has 8 nitrogen and oxygen atoms in total. The predicted molar refractivity (Wildman–Crippen MR) is 121 cm³/mol. The van der Waals surface area contributed by atoms with Gasteiger partial charge in [0, 0.05) is 37.7 Å². The van der Waals surface area contributed by atoms with Crippen LogP contribution in [0.3, 0.4) is 0 Å². The van der Waals surface area contributed by atoms with E-state index in [9.17, 15) is 13.2 Å². The summed E-state index contributed by atoms with van der Waals surface area (Å²) in [7, 11) is -0.669. The minimum absolute atomic E-state index is 0.107. The van der Waals surface area contributed by atoms with Crippen molar-refractivity contribution in [1.29, 1.82) is 0 Å². The molecule has 1 amide bonds. The number of hydrogen-bond acceptors (Lipinski definition) is 5. The van der Waals surface area contributed by atoms with Crippen molar-refractivity contribution >= 4 is 27.3 Å². The van der Waals surface area contributed by atoms with Crippen LogP contribution < -0.4 is 10.1 Å². The molecule has 1 N–H and O–H groups in total. The molecular weight excluding hydrogens is 428 g/mol. The highest BCUT2D eigenvalue weighted by Gasteiger charge is 2.17. The molecule has 0 aliphatic rings. The normalized spacial score (nSPS) is 11.6. The molecule has 0 spiro atoms. The first-order valence-electron chi connectivity index (χ1n) is 9.82. The van der Waals surface area contributed by atoms with Crippen LogP contribution in [0.15, 0.2) is 84.0 Å². The number of hydrogen-bond donors (Lipinski definition) is 1. The number of ether oxygens (including phenoxy) is 1. The molecule has 0 saturated heterocycles. The average molecular weight is 451 g/mol. The molecule has 32 heavy (non-hydrogen) atoms. The molecule has 0 saturated carbocycles. The molecule has 0 fully saturated rings. The van der Waals surface area contributed by atoms with Crippen LogP contribution in [0, 0.1) is 0 Å². The Morgan fingerprint density at radius 3 is 2.56 bits per heavy atom. The number of fused-ring (bicyclic) bond motifs is 1. The van der Waals surface area contributed by atoms with Gasteiger partial charge in [-0.15, -0.1) is 0 Å². The van der Waals surface area contributed by atoms with Gasteiger partial charge < -0.3 is 14.5 Å². The zero-order chi connectivity index (χ0) is 22.7. The third-order valence-corrected chi connectivity index (χ3v) is 6.60. The van der Waals surface area contributed by atoms with Crippen LogP contribution >= 0.6 is 0 Å². The van der Waals surface area contributed by atoms with Crippen molar-refractivity contribution in [3.8, 4) is 5.75 Å². The van der Waals surface area contributed by atoms with E-state index in [2.05, 4.69) is 10.3 Å². The van der Waals surface area contributed by atoms with Crippen LogP contribution in [0.4, 0.5) is 5.69 Å². The topological polar surface area (TPSA) is 93.0 Å². The van der Waals surface area contributed by atoms with Gasteiger partial charge in [0.2, 0.25) is 10.0 Å². The fourth-order valence-electron chi connectivity index (χ4n) is 3.06. The first-order valence-corrected chi connectivity index (χ1v) is 11.3. The number of pyridine rings is 1. The highest BCUT2D eigenvalue weighted by atomic mass is 32.2. The minimum Gasteiger partial charge on any atom is -0.487 e. The first kappa shape index (κ1) is 21.5. The third kappa shape index (κ3) is 4.63. The molecule has 0 atom stereocenters. The van der Waals surface area contributed by atoms with Gasteiger partial charge >= 0.3 is 0 Å². The molecule has 0 radical (unpaired) electrons. The van der Waals surface area contributed by atoms with E-state index in [1.807, 2.05) is 35.0 Å². The summed E-state index contributed by atoms with van der Waals surface area (Å²) < 4.78 is 33.4. The Kier molecular flexibility index (Phi) is 5.93. The van der Waals surface area contributed by atoms with Gasteiger partial charge in [0.15, 0.2) is 0 Å². The zero-order valence-electron chi connectivity index (χ0n) is 17.6. The van der Waals surface area contributed by atoms with Crippen molar-refractivity contribution in [3.05, 3.63) is 90.4 Å². The van der Waals surface area contributed by atoms with Crippen molar-refractivity contribution in [3.63, 3.8) is 0 Å². The van der Waals surface area contributed by atoms with E-state index in [0.717, 1.165) is 15.6 Å². The maximum Gasteiger partial charge on any atom is 0.255 e. The summed E-state index contributed by atoms with van der Waals surface area (Å²) in [6.07, 6.45) is 3.83. The van der Waals surface area contributed by atoms with Crippen LogP contribution in [0.2, 0.25) is 0 Å². The molecule has 2 aromatic carbocycles. The Morgan fingerprint density at radius 2 is 1.84 bits per heavy atom. The molecule has 2 heterocycles. The lowest BCUT2D eigenvalue weighted by molar-refractivity contribution is 0.102. The van der Waals surface area contributed by atoms with Gasteiger partial charge in [0.05, 0.1) is 10.6 Å². The third-order valence-electron chi connectivity index (χ3n) is 4.79. The molecule has 2 aromatic heterocycles. The molecule has 0 unspecified atom stereocenters.